The van der Waals surface area contributed by atoms with Crippen molar-refractivity contribution in [2.24, 2.45) is 0 Å². The number of benzene rings is 1. The Bertz CT molecular complexity index is 785. The fourth-order valence-electron chi connectivity index (χ4n) is 1.55. The molecule has 20 heavy (non-hydrogen) atoms. The molecule has 0 fully saturated rings. The van der Waals surface area contributed by atoms with Crippen LogP contribution in [-0.2, 0) is 0 Å². The highest BCUT2D eigenvalue weighted by molar-refractivity contribution is 14.1. The molecule has 0 aliphatic rings. The van der Waals surface area contributed by atoms with E-state index in [0.29, 0.717) is 6.07 Å². The normalized spacial score (nSPS) is 10.3. The molecule has 1 aromatic heterocycles. The van der Waals surface area contributed by atoms with Gasteiger partial charge >= 0.3 is 0 Å². The summed E-state index contributed by atoms with van der Waals surface area (Å²) < 4.78 is 27.3. The molecule has 0 spiro atoms. The first kappa shape index (κ1) is 14.9. The van der Waals surface area contributed by atoms with Gasteiger partial charge in [0, 0.05) is 15.2 Å². The predicted octanol–water partition coefficient (Wildman–Crippen LogP) is 2.91. The monoisotopic (exact) mass is 405 g/mol. The molecular formula is C12H6F2IN3OS. The summed E-state index contributed by atoms with van der Waals surface area (Å²) in [4.78, 5) is 18.2. The Morgan fingerprint density at radius 3 is 2.70 bits per heavy atom. The van der Waals surface area contributed by atoms with E-state index in [1.165, 1.54) is 6.07 Å². The zero-order valence-electron chi connectivity index (χ0n) is 10.00. The van der Waals surface area contributed by atoms with Crippen LogP contribution in [0, 0.1) is 26.5 Å². The van der Waals surface area contributed by atoms with Gasteiger partial charge in [0.1, 0.15) is 23.3 Å². The van der Waals surface area contributed by atoms with E-state index >= 15 is 0 Å². The molecular weight excluding hydrogens is 399 g/mol. The predicted molar refractivity (Wildman–Crippen MR) is 79.4 cm³/mol. The van der Waals surface area contributed by atoms with Crippen molar-refractivity contribution in [1.29, 1.82) is 5.26 Å². The Balaban J connectivity index is 2.82. The highest BCUT2D eigenvalue weighted by atomic mass is 127. The number of aromatic nitrogens is 2. The topological polar surface area (TPSA) is 69.5 Å². The Morgan fingerprint density at radius 1 is 1.40 bits per heavy atom. The van der Waals surface area contributed by atoms with Crippen LogP contribution in [0.4, 0.5) is 8.78 Å². The molecule has 0 saturated carbocycles. The summed E-state index contributed by atoms with van der Waals surface area (Å²) in [6.07, 6.45) is 1.68. The van der Waals surface area contributed by atoms with E-state index in [4.69, 9.17) is 5.26 Å². The van der Waals surface area contributed by atoms with Crippen LogP contribution in [0.2, 0.25) is 0 Å². The van der Waals surface area contributed by atoms with Gasteiger partial charge in [-0.3, -0.25) is 4.79 Å². The molecule has 8 heteroatoms. The molecule has 0 unspecified atom stereocenters. The minimum absolute atomic E-state index is 0.0752. The highest BCUT2D eigenvalue weighted by Crippen LogP contribution is 2.27. The molecule has 1 N–H and O–H groups in total. The minimum atomic E-state index is -0.871. The second-order valence-electron chi connectivity index (χ2n) is 3.66. The van der Waals surface area contributed by atoms with Gasteiger partial charge in [-0.15, -0.1) is 0 Å². The molecule has 0 aliphatic heterocycles. The largest absolute Gasteiger partial charge is 0.300 e. The molecule has 0 amide bonds. The molecule has 4 nitrogen and oxygen atoms in total. The quantitative estimate of drug-likeness (QED) is 0.361. The van der Waals surface area contributed by atoms with Crippen molar-refractivity contribution < 1.29 is 8.78 Å². The molecule has 1 heterocycles. The molecule has 0 saturated heterocycles. The summed E-state index contributed by atoms with van der Waals surface area (Å²) in [6.45, 7) is 0. The summed E-state index contributed by atoms with van der Waals surface area (Å²) in [5.41, 5.74) is -1.12. The van der Waals surface area contributed by atoms with Gasteiger partial charge in [0.2, 0.25) is 0 Å². The molecule has 0 aliphatic carbocycles. The second-order valence-corrected chi connectivity index (χ2v) is 5.61. The first-order valence-corrected chi connectivity index (χ1v) is 7.51. The van der Waals surface area contributed by atoms with Gasteiger partial charge in [0.25, 0.3) is 5.56 Å². The van der Waals surface area contributed by atoms with Crippen molar-refractivity contribution in [2.45, 2.75) is 5.16 Å². The zero-order valence-corrected chi connectivity index (χ0v) is 13.0. The average Bonchev–Trinajstić information content (AvgIpc) is 2.42. The van der Waals surface area contributed by atoms with E-state index < -0.39 is 17.2 Å². The molecule has 0 bridgehead atoms. The third-order valence-electron chi connectivity index (χ3n) is 2.47. The lowest BCUT2D eigenvalue weighted by Gasteiger charge is -2.07. The maximum Gasteiger partial charge on any atom is 0.270 e. The van der Waals surface area contributed by atoms with Crippen molar-refractivity contribution in [3.8, 4) is 17.3 Å². The summed E-state index contributed by atoms with van der Waals surface area (Å²) in [5.74, 6) is -1.58. The third-order valence-corrected chi connectivity index (χ3v) is 3.87. The van der Waals surface area contributed by atoms with Crippen molar-refractivity contribution in [3.63, 3.8) is 0 Å². The number of nitrogens with one attached hydrogen (secondary N) is 1. The van der Waals surface area contributed by atoms with Gasteiger partial charge in [0.15, 0.2) is 5.16 Å². The Morgan fingerprint density at radius 2 is 2.10 bits per heavy atom. The van der Waals surface area contributed by atoms with Gasteiger partial charge in [0.05, 0.1) is 5.69 Å². The number of rotatable bonds is 2. The Kier molecular flexibility index (Phi) is 4.39. The fourth-order valence-corrected chi connectivity index (χ4v) is 2.40. The summed E-state index contributed by atoms with van der Waals surface area (Å²) in [7, 11) is 0. The number of nitriles is 1. The van der Waals surface area contributed by atoms with Gasteiger partial charge in [-0.25, -0.2) is 13.8 Å². The summed E-state index contributed by atoms with van der Waals surface area (Å²) >= 11 is 2.85. The zero-order chi connectivity index (χ0) is 14.9. The molecule has 102 valence electrons. The van der Waals surface area contributed by atoms with Crippen LogP contribution in [-0.4, -0.2) is 16.2 Å². The van der Waals surface area contributed by atoms with Crippen molar-refractivity contribution in [1.82, 2.24) is 9.97 Å². The van der Waals surface area contributed by atoms with Crippen LogP contribution >= 0.6 is 34.4 Å². The lowest BCUT2D eigenvalue weighted by atomic mass is 10.1. The summed E-state index contributed by atoms with van der Waals surface area (Å²) in [5, 5.41) is 9.28. The van der Waals surface area contributed by atoms with E-state index in [9.17, 15) is 13.6 Å². The van der Waals surface area contributed by atoms with Crippen LogP contribution in [0.5, 0.6) is 0 Å². The van der Waals surface area contributed by atoms with Crippen molar-refractivity contribution in [3.05, 3.63) is 43.3 Å². The molecule has 2 rings (SSSR count). The Hall–Kier alpha value is -1.47. The number of thioether (sulfide) groups is 1. The number of nitrogens with zero attached hydrogens (tertiary/aromatic N) is 2. The minimum Gasteiger partial charge on any atom is -0.300 e. The third kappa shape index (κ3) is 2.69. The van der Waals surface area contributed by atoms with E-state index in [2.05, 4.69) is 9.97 Å². The van der Waals surface area contributed by atoms with Crippen LogP contribution in [0.3, 0.4) is 0 Å². The lowest BCUT2D eigenvalue weighted by Crippen LogP contribution is -2.15. The SMILES string of the molecule is CSc1nc(-c2cc(I)c(F)cc2F)c(C#N)c(=O)[nH]1. The van der Waals surface area contributed by atoms with E-state index in [1.54, 1.807) is 34.9 Å². The van der Waals surface area contributed by atoms with E-state index in [0.717, 1.165) is 11.8 Å². The van der Waals surface area contributed by atoms with E-state index in [-0.39, 0.29) is 25.5 Å². The second kappa shape index (κ2) is 5.88. The van der Waals surface area contributed by atoms with Gasteiger partial charge < -0.3 is 4.98 Å². The molecule has 1 aromatic carbocycles. The number of hydrogen-bond donors (Lipinski definition) is 1. The lowest BCUT2D eigenvalue weighted by molar-refractivity contribution is 0.580. The number of halogens is 3. The van der Waals surface area contributed by atoms with Crippen molar-refractivity contribution >= 4 is 34.4 Å². The molecule has 2 aromatic rings. The first-order chi connectivity index (χ1) is 9.47. The van der Waals surface area contributed by atoms with E-state index in [1.807, 2.05) is 0 Å². The highest BCUT2D eigenvalue weighted by Gasteiger charge is 2.18. The average molecular weight is 405 g/mol. The van der Waals surface area contributed by atoms with Gasteiger partial charge in [-0.1, -0.05) is 11.8 Å². The number of H-pyrrole nitrogens is 1. The molecule has 0 radical (unpaired) electrons. The van der Waals surface area contributed by atoms with Crippen LogP contribution in [0.15, 0.2) is 22.1 Å². The summed E-state index contributed by atoms with van der Waals surface area (Å²) in [6, 6.07) is 3.62. The number of aromatic amines is 1. The smallest absolute Gasteiger partial charge is 0.270 e. The van der Waals surface area contributed by atoms with Gasteiger partial charge in [-0.2, -0.15) is 5.26 Å². The van der Waals surface area contributed by atoms with Crippen molar-refractivity contribution in [2.75, 3.05) is 6.26 Å². The first-order valence-electron chi connectivity index (χ1n) is 5.21. The molecule has 0 atom stereocenters. The standard InChI is InChI=1S/C12H6F2IN3OS/c1-20-12-17-10(6(4-16)11(19)18-12)5-2-9(15)8(14)3-7(5)13/h2-3H,1H3,(H,17,18,19). The maximum absolute atomic E-state index is 13.9. The van der Waals surface area contributed by atoms with Gasteiger partial charge in [-0.05, 0) is 34.9 Å². The van der Waals surface area contributed by atoms with Crippen LogP contribution in [0.1, 0.15) is 5.56 Å². The van der Waals surface area contributed by atoms with Crippen LogP contribution in [0.25, 0.3) is 11.3 Å². The fraction of sp³-hybridized carbons (Fsp3) is 0.0833. The maximum atomic E-state index is 13.9. The Labute approximate surface area is 130 Å². The number of hydrogen-bond acceptors (Lipinski definition) is 4. The van der Waals surface area contributed by atoms with Crippen LogP contribution < -0.4 is 5.56 Å².